The fraction of sp³-hybridized carbons (Fsp3) is 0.316. The van der Waals surface area contributed by atoms with Crippen LogP contribution in [0.2, 0.25) is 5.02 Å². The predicted octanol–water partition coefficient (Wildman–Crippen LogP) is 5.10. The number of carbonyl (C=O) groups is 1. The second-order valence-electron chi connectivity index (χ2n) is 5.45. The first-order valence-corrected chi connectivity index (χ1v) is 8.45. The number of benzene rings is 2. The Morgan fingerprint density at radius 3 is 2.58 bits per heavy atom. The topological polar surface area (TPSA) is 41.6 Å². The van der Waals surface area contributed by atoms with E-state index < -0.39 is 0 Å². The number of urea groups is 1. The van der Waals surface area contributed by atoms with Gasteiger partial charge in [0.15, 0.2) is 0 Å². The van der Waals surface area contributed by atoms with Gasteiger partial charge in [-0.3, -0.25) is 0 Å². The Kier molecular flexibility index (Phi) is 6.50. The summed E-state index contributed by atoms with van der Waals surface area (Å²) in [5.41, 5.74) is 2.96. The molecule has 0 radical (unpaired) electrons. The van der Waals surface area contributed by atoms with E-state index in [2.05, 4.69) is 5.32 Å². The molecule has 24 heavy (non-hydrogen) atoms. The maximum absolute atomic E-state index is 12.5. The molecule has 0 saturated heterocycles. The lowest BCUT2D eigenvalue weighted by atomic mass is 10.1. The summed E-state index contributed by atoms with van der Waals surface area (Å²) in [5.74, 6) is 0.615. The summed E-state index contributed by atoms with van der Waals surface area (Å²) in [6.07, 6.45) is 0. The zero-order chi connectivity index (χ0) is 17.5. The van der Waals surface area contributed by atoms with Crippen molar-refractivity contribution >= 4 is 23.3 Å². The third-order valence-corrected chi connectivity index (χ3v) is 4.07. The molecule has 2 aromatic rings. The van der Waals surface area contributed by atoms with Crippen LogP contribution in [0.1, 0.15) is 25.0 Å². The monoisotopic (exact) mass is 346 g/mol. The predicted molar refractivity (Wildman–Crippen MR) is 98.9 cm³/mol. The maximum atomic E-state index is 12.5. The highest BCUT2D eigenvalue weighted by Gasteiger charge is 2.14. The number of rotatable bonds is 6. The Labute approximate surface area is 148 Å². The van der Waals surface area contributed by atoms with Crippen LogP contribution in [0.15, 0.2) is 42.5 Å². The van der Waals surface area contributed by atoms with Gasteiger partial charge in [-0.15, -0.1) is 0 Å². The van der Waals surface area contributed by atoms with Crippen LogP contribution in [-0.4, -0.2) is 24.1 Å². The summed E-state index contributed by atoms with van der Waals surface area (Å²) in [4.78, 5) is 14.3. The van der Waals surface area contributed by atoms with Gasteiger partial charge in [0, 0.05) is 18.8 Å². The first-order chi connectivity index (χ1) is 11.5. The smallest absolute Gasteiger partial charge is 0.322 e. The van der Waals surface area contributed by atoms with Gasteiger partial charge in [-0.1, -0.05) is 35.9 Å². The summed E-state index contributed by atoms with van der Waals surface area (Å²) in [6, 6.07) is 13.2. The number of carbonyl (C=O) groups excluding carboxylic acids is 1. The van der Waals surface area contributed by atoms with Crippen molar-refractivity contribution in [2.45, 2.75) is 27.3 Å². The summed E-state index contributed by atoms with van der Waals surface area (Å²) < 4.78 is 5.40. The van der Waals surface area contributed by atoms with Crippen LogP contribution < -0.4 is 10.1 Å². The maximum Gasteiger partial charge on any atom is 0.322 e. The van der Waals surface area contributed by atoms with Crippen molar-refractivity contribution in [2.24, 2.45) is 0 Å². The molecular weight excluding hydrogens is 324 g/mol. The molecule has 4 nitrogen and oxygen atoms in total. The summed E-state index contributed by atoms with van der Waals surface area (Å²) >= 11 is 6.17. The van der Waals surface area contributed by atoms with E-state index in [1.807, 2.05) is 45.0 Å². The Morgan fingerprint density at radius 1 is 1.21 bits per heavy atom. The molecular formula is C19H23ClN2O2. The third-order valence-electron chi connectivity index (χ3n) is 3.77. The number of nitrogens with zero attached hydrogens (tertiary/aromatic N) is 1. The zero-order valence-electron chi connectivity index (χ0n) is 14.3. The quantitative estimate of drug-likeness (QED) is 0.790. The molecule has 0 spiro atoms. The highest BCUT2D eigenvalue weighted by Crippen LogP contribution is 2.27. The Bertz CT molecular complexity index is 704. The highest BCUT2D eigenvalue weighted by molar-refractivity contribution is 6.32. The van der Waals surface area contributed by atoms with Crippen LogP contribution in [0.4, 0.5) is 10.5 Å². The largest absolute Gasteiger partial charge is 0.492 e. The molecule has 2 aromatic carbocycles. The van der Waals surface area contributed by atoms with Gasteiger partial charge in [0.2, 0.25) is 0 Å². The number of halogens is 1. The standard InChI is InChI=1S/C19H23ClN2O2/c1-4-22(13-15-9-7-6-8-14(15)3)19(23)21-16-10-11-18(24-5-2)17(20)12-16/h6-12H,4-5,13H2,1-3H3,(H,21,23). The third kappa shape index (κ3) is 4.65. The highest BCUT2D eigenvalue weighted by atomic mass is 35.5. The van der Waals surface area contributed by atoms with E-state index >= 15 is 0 Å². The molecule has 128 valence electrons. The van der Waals surface area contributed by atoms with Gasteiger partial charge in [0.25, 0.3) is 0 Å². The van der Waals surface area contributed by atoms with Crippen molar-refractivity contribution in [1.29, 1.82) is 0 Å². The molecule has 0 aliphatic heterocycles. The van der Waals surface area contributed by atoms with E-state index in [-0.39, 0.29) is 6.03 Å². The van der Waals surface area contributed by atoms with Gasteiger partial charge in [-0.2, -0.15) is 0 Å². The SMILES string of the molecule is CCOc1ccc(NC(=O)N(CC)Cc2ccccc2C)cc1Cl. The van der Waals surface area contributed by atoms with Crippen LogP contribution in [0, 0.1) is 6.92 Å². The molecule has 2 rings (SSSR count). The normalized spacial score (nSPS) is 10.3. The molecule has 0 aromatic heterocycles. The number of hydrogen-bond donors (Lipinski definition) is 1. The fourth-order valence-corrected chi connectivity index (χ4v) is 2.61. The number of anilines is 1. The Morgan fingerprint density at radius 2 is 1.96 bits per heavy atom. The van der Waals surface area contributed by atoms with Gasteiger partial charge in [0.05, 0.1) is 11.6 Å². The number of amides is 2. The van der Waals surface area contributed by atoms with Crippen molar-refractivity contribution in [3.8, 4) is 5.75 Å². The van der Waals surface area contributed by atoms with E-state index in [4.69, 9.17) is 16.3 Å². The number of aryl methyl sites for hydroxylation is 1. The Balaban J connectivity index is 2.06. The summed E-state index contributed by atoms with van der Waals surface area (Å²) in [7, 11) is 0. The van der Waals surface area contributed by atoms with Gasteiger partial charge < -0.3 is 15.0 Å². The van der Waals surface area contributed by atoms with Gasteiger partial charge in [-0.05, 0) is 50.1 Å². The van der Waals surface area contributed by atoms with Gasteiger partial charge in [0.1, 0.15) is 5.75 Å². The van der Waals surface area contributed by atoms with Gasteiger partial charge >= 0.3 is 6.03 Å². The van der Waals surface area contributed by atoms with E-state index in [1.54, 1.807) is 23.1 Å². The summed E-state index contributed by atoms with van der Waals surface area (Å²) in [5, 5.41) is 3.37. The summed E-state index contributed by atoms with van der Waals surface area (Å²) in [6.45, 7) is 7.64. The Hall–Kier alpha value is -2.20. The molecule has 0 heterocycles. The van der Waals surface area contributed by atoms with Crippen molar-refractivity contribution < 1.29 is 9.53 Å². The first kappa shape index (κ1) is 18.1. The molecule has 0 aliphatic rings. The van der Waals surface area contributed by atoms with E-state index in [9.17, 15) is 4.79 Å². The van der Waals surface area contributed by atoms with E-state index in [0.29, 0.717) is 36.2 Å². The average Bonchev–Trinajstić information content (AvgIpc) is 2.56. The molecule has 2 amide bonds. The molecule has 0 aliphatic carbocycles. The van der Waals surface area contributed by atoms with Crippen molar-refractivity contribution in [1.82, 2.24) is 4.90 Å². The lowest BCUT2D eigenvalue weighted by Crippen LogP contribution is -2.34. The number of nitrogens with one attached hydrogen (secondary N) is 1. The van der Waals surface area contributed by atoms with E-state index in [1.165, 1.54) is 5.56 Å². The molecule has 0 atom stereocenters. The fourth-order valence-electron chi connectivity index (χ4n) is 2.37. The van der Waals surface area contributed by atoms with Crippen molar-refractivity contribution in [3.63, 3.8) is 0 Å². The number of hydrogen-bond acceptors (Lipinski definition) is 2. The van der Waals surface area contributed by atoms with Crippen LogP contribution in [0.25, 0.3) is 0 Å². The lowest BCUT2D eigenvalue weighted by Gasteiger charge is -2.22. The van der Waals surface area contributed by atoms with Crippen molar-refractivity contribution in [2.75, 3.05) is 18.5 Å². The van der Waals surface area contributed by atoms with Crippen LogP contribution in [-0.2, 0) is 6.54 Å². The van der Waals surface area contributed by atoms with Crippen LogP contribution >= 0.6 is 11.6 Å². The van der Waals surface area contributed by atoms with Crippen LogP contribution in [0.3, 0.4) is 0 Å². The molecule has 0 unspecified atom stereocenters. The first-order valence-electron chi connectivity index (χ1n) is 8.08. The molecule has 1 N–H and O–H groups in total. The number of ether oxygens (including phenoxy) is 1. The van der Waals surface area contributed by atoms with Crippen LogP contribution in [0.5, 0.6) is 5.75 Å². The lowest BCUT2D eigenvalue weighted by molar-refractivity contribution is 0.212. The van der Waals surface area contributed by atoms with E-state index in [0.717, 1.165) is 5.56 Å². The molecule has 0 saturated carbocycles. The van der Waals surface area contributed by atoms with Gasteiger partial charge in [-0.25, -0.2) is 4.79 Å². The zero-order valence-corrected chi connectivity index (χ0v) is 15.1. The minimum Gasteiger partial charge on any atom is -0.492 e. The molecule has 0 bridgehead atoms. The average molecular weight is 347 g/mol. The second kappa shape index (κ2) is 8.60. The molecule has 0 fully saturated rings. The minimum atomic E-state index is -0.152. The van der Waals surface area contributed by atoms with Crippen molar-refractivity contribution in [3.05, 3.63) is 58.6 Å². The minimum absolute atomic E-state index is 0.152. The molecule has 5 heteroatoms. The second-order valence-corrected chi connectivity index (χ2v) is 5.86.